The van der Waals surface area contributed by atoms with Gasteiger partial charge in [0.1, 0.15) is 5.69 Å². The van der Waals surface area contributed by atoms with Crippen molar-refractivity contribution in [1.29, 1.82) is 0 Å². The molecule has 5 nitrogen and oxygen atoms in total. The summed E-state index contributed by atoms with van der Waals surface area (Å²) in [5.41, 5.74) is 1.77. The molecule has 23 heavy (non-hydrogen) atoms. The SMILES string of the molecule is CN(C)CCNc1ccc(C(=O)Nc2ccc(Cl)c(Cl)c2)nc1. The second kappa shape index (κ2) is 8.15. The minimum absolute atomic E-state index is 0.303. The lowest BCUT2D eigenvalue weighted by molar-refractivity contribution is 0.102. The second-order valence-corrected chi connectivity index (χ2v) is 6.06. The van der Waals surface area contributed by atoms with E-state index in [1.54, 1.807) is 30.5 Å². The van der Waals surface area contributed by atoms with E-state index in [4.69, 9.17) is 23.2 Å². The number of benzene rings is 1. The molecule has 2 aromatic rings. The molecule has 0 saturated heterocycles. The number of aromatic nitrogens is 1. The first-order valence-electron chi connectivity index (χ1n) is 7.07. The van der Waals surface area contributed by atoms with Gasteiger partial charge in [-0.1, -0.05) is 23.2 Å². The highest BCUT2D eigenvalue weighted by Gasteiger charge is 2.09. The average molecular weight is 353 g/mol. The molecule has 0 atom stereocenters. The molecule has 1 heterocycles. The van der Waals surface area contributed by atoms with Gasteiger partial charge in [0.2, 0.25) is 0 Å². The molecule has 0 aliphatic rings. The number of nitrogens with one attached hydrogen (secondary N) is 2. The predicted octanol–water partition coefficient (Wildman–Crippen LogP) is 3.61. The van der Waals surface area contributed by atoms with Gasteiger partial charge in [0.25, 0.3) is 5.91 Å². The summed E-state index contributed by atoms with van der Waals surface area (Å²) < 4.78 is 0. The highest BCUT2D eigenvalue weighted by molar-refractivity contribution is 6.42. The van der Waals surface area contributed by atoms with Crippen LogP contribution in [0.15, 0.2) is 36.5 Å². The van der Waals surface area contributed by atoms with Crippen LogP contribution in [0.1, 0.15) is 10.5 Å². The predicted molar refractivity (Wildman–Crippen MR) is 95.7 cm³/mol. The van der Waals surface area contributed by atoms with E-state index in [9.17, 15) is 4.79 Å². The van der Waals surface area contributed by atoms with Crippen LogP contribution in [-0.4, -0.2) is 43.0 Å². The molecule has 0 fully saturated rings. The van der Waals surface area contributed by atoms with Crippen molar-refractivity contribution in [3.8, 4) is 0 Å². The van der Waals surface area contributed by atoms with E-state index in [1.807, 2.05) is 20.2 Å². The summed E-state index contributed by atoms with van der Waals surface area (Å²) in [5.74, 6) is -0.303. The second-order valence-electron chi connectivity index (χ2n) is 5.25. The van der Waals surface area contributed by atoms with Crippen molar-refractivity contribution in [2.24, 2.45) is 0 Å². The summed E-state index contributed by atoms with van der Waals surface area (Å²) in [7, 11) is 4.02. The van der Waals surface area contributed by atoms with Gasteiger partial charge in [0, 0.05) is 18.8 Å². The van der Waals surface area contributed by atoms with Gasteiger partial charge in [-0.25, -0.2) is 4.98 Å². The maximum atomic E-state index is 12.1. The molecule has 0 spiro atoms. The standard InChI is InChI=1S/C16H18Cl2N4O/c1-22(2)8-7-19-12-4-6-15(20-10-12)16(23)21-11-3-5-13(17)14(18)9-11/h3-6,9-10,19H,7-8H2,1-2H3,(H,21,23). The minimum Gasteiger partial charge on any atom is -0.383 e. The third-order valence-electron chi connectivity index (χ3n) is 3.06. The van der Waals surface area contributed by atoms with Crippen LogP contribution in [0, 0.1) is 0 Å². The summed E-state index contributed by atoms with van der Waals surface area (Å²) in [5, 5.41) is 6.80. The van der Waals surface area contributed by atoms with Crippen molar-refractivity contribution in [2.75, 3.05) is 37.8 Å². The first-order chi connectivity index (χ1) is 11.0. The molecule has 0 bridgehead atoms. The first-order valence-corrected chi connectivity index (χ1v) is 7.82. The Kier molecular flexibility index (Phi) is 6.21. The molecule has 0 aliphatic carbocycles. The Morgan fingerprint density at radius 1 is 1.13 bits per heavy atom. The van der Waals surface area contributed by atoms with E-state index in [-0.39, 0.29) is 5.91 Å². The molecule has 1 amide bonds. The third kappa shape index (κ3) is 5.39. The Morgan fingerprint density at radius 2 is 1.87 bits per heavy atom. The molecule has 2 N–H and O–H groups in total. The number of carbonyl (C=O) groups excluding carboxylic acids is 1. The summed E-state index contributed by atoms with van der Waals surface area (Å²) in [6.07, 6.45) is 1.64. The monoisotopic (exact) mass is 352 g/mol. The molecule has 7 heteroatoms. The van der Waals surface area contributed by atoms with Crippen LogP contribution < -0.4 is 10.6 Å². The highest BCUT2D eigenvalue weighted by Crippen LogP contribution is 2.25. The van der Waals surface area contributed by atoms with Crippen molar-refractivity contribution in [3.05, 3.63) is 52.3 Å². The molecule has 1 aromatic heterocycles. The Morgan fingerprint density at radius 3 is 2.48 bits per heavy atom. The lowest BCUT2D eigenvalue weighted by Gasteiger charge is -2.11. The number of hydrogen-bond acceptors (Lipinski definition) is 4. The molecular weight excluding hydrogens is 335 g/mol. The first kappa shape index (κ1) is 17.5. The molecule has 0 radical (unpaired) electrons. The third-order valence-corrected chi connectivity index (χ3v) is 3.80. The largest absolute Gasteiger partial charge is 0.383 e. The minimum atomic E-state index is -0.303. The number of carbonyl (C=O) groups is 1. The molecule has 1 aromatic carbocycles. The molecular formula is C16H18Cl2N4O. The highest BCUT2D eigenvalue weighted by atomic mass is 35.5. The van der Waals surface area contributed by atoms with Gasteiger partial charge in [-0.3, -0.25) is 4.79 Å². The van der Waals surface area contributed by atoms with Crippen LogP contribution in [0.2, 0.25) is 10.0 Å². The lowest BCUT2D eigenvalue weighted by atomic mass is 10.3. The fourth-order valence-electron chi connectivity index (χ4n) is 1.83. The number of nitrogens with zero attached hydrogens (tertiary/aromatic N) is 2. The van der Waals surface area contributed by atoms with Gasteiger partial charge in [-0.05, 0) is 44.4 Å². The van der Waals surface area contributed by atoms with Crippen molar-refractivity contribution >= 4 is 40.5 Å². The fourth-order valence-corrected chi connectivity index (χ4v) is 2.12. The van der Waals surface area contributed by atoms with Gasteiger partial charge in [-0.15, -0.1) is 0 Å². The number of halogens is 2. The maximum absolute atomic E-state index is 12.1. The van der Waals surface area contributed by atoms with Crippen LogP contribution >= 0.6 is 23.2 Å². The number of hydrogen-bond donors (Lipinski definition) is 2. The average Bonchev–Trinajstić information content (AvgIpc) is 2.51. The zero-order chi connectivity index (χ0) is 16.8. The fraction of sp³-hybridized carbons (Fsp3) is 0.250. The Hall–Kier alpha value is -1.82. The van der Waals surface area contributed by atoms with Crippen molar-refractivity contribution in [3.63, 3.8) is 0 Å². The van der Waals surface area contributed by atoms with Gasteiger partial charge < -0.3 is 15.5 Å². The molecule has 0 aliphatic heterocycles. The smallest absolute Gasteiger partial charge is 0.274 e. The number of likely N-dealkylation sites (N-methyl/N-ethyl adjacent to an activating group) is 1. The Bertz CT molecular complexity index is 674. The summed E-state index contributed by atoms with van der Waals surface area (Å²) in [4.78, 5) is 18.4. The lowest BCUT2D eigenvalue weighted by Crippen LogP contribution is -2.21. The maximum Gasteiger partial charge on any atom is 0.274 e. The van der Waals surface area contributed by atoms with Crippen molar-refractivity contribution in [1.82, 2.24) is 9.88 Å². The molecule has 0 unspecified atom stereocenters. The van der Waals surface area contributed by atoms with E-state index in [1.165, 1.54) is 0 Å². The zero-order valence-electron chi connectivity index (χ0n) is 12.9. The zero-order valence-corrected chi connectivity index (χ0v) is 14.4. The number of pyridine rings is 1. The Labute approximate surface area is 145 Å². The number of rotatable bonds is 6. The number of anilines is 2. The van der Waals surface area contributed by atoms with Crippen LogP contribution in [0.25, 0.3) is 0 Å². The van der Waals surface area contributed by atoms with Crippen molar-refractivity contribution < 1.29 is 4.79 Å². The van der Waals surface area contributed by atoms with Crippen LogP contribution in [0.4, 0.5) is 11.4 Å². The van der Waals surface area contributed by atoms with Gasteiger partial charge in [0.15, 0.2) is 0 Å². The quantitative estimate of drug-likeness (QED) is 0.833. The topological polar surface area (TPSA) is 57.3 Å². The van der Waals surface area contributed by atoms with E-state index in [0.717, 1.165) is 18.8 Å². The summed E-state index contributed by atoms with van der Waals surface area (Å²) >= 11 is 11.8. The number of amides is 1. The van der Waals surface area contributed by atoms with E-state index >= 15 is 0 Å². The van der Waals surface area contributed by atoms with E-state index in [2.05, 4.69) is 20.5 Å². The van der Waals surface area contributed by atoms with Crippen LogP contribution in [0.5, 0.6) is 0 Å². The van der Waals surface area contributed by atoms with Gasteiger partial charge in [0.05, 0.1) is 21.9 Å². The van der Waals surface area contributed by atoms with Gasteiger partial charge in [-0.2, -0.15) is 0 Å². The van der Waals surface area contributed by atoms with Crippen LogP contribution in [-0.2, 0) is 0 Å². The van der Waals surface area contributed by atoms with Crippen molar-refractivity contribution in [2.45, 2.75) is 0 Å². The van der Waals surface area contributed by atoms with Gasteiger partial charge >= 0.3 is 0 Å². The van der Waals surface area contributed by atoms with E-state index in [0.29, 0.717) is 21.4 Å². The molecule has 122 valence electrons. The molecule has 2 rings (SSSR count). The molecule has 0 saturated carbocycles. The summed E-state index contributed by atoms with van der Waals surface area (Å²) in [6, 6.07) is 8.41. The normalized spacial score (nSPS) is 10.7. The van der Waals surface area contributed by atoms with Crippen LogP contribution in [0.3, 0.4) is 0 Å². The summed E-state index contributed by atoms with van der Waals surface area (Å²) in [6.45, 7) is 1.73. The Balaban J connectivity index is 1.95. The van der Waals surface area contributed by atoms with E-state index < -0.39 is 0 Å².